The van der Waals surface area contributed by atoms with Crippen LogP contribution in [-0.2, 0) is 4.74 Å². The molecule has 2 aromatic rings. The van der Waals surface area contributed by atoms with Crippen molar-refractivity contribution in [2.75, 3.05) is 12.4 Å². The van der Waals surface area contributed by atoms with E-state index in [0.29, 0.717) is 5.69 Å². The molecule has 0 saturated heterocycles. The van der Waals surface area contributed by atoms with Gasteiger partial charge in [-0.05, 0) is 32.9 Å². The van der Waals surface area contributed by atoms with Gasteiger partial charge in [-0.25, -0.2) is 9.59 Å². The predicted octanol–water partition coefficient (Wildman–Crippen LogP) is 2.79. The lowest BCUT2D eigenvalue weighted by molar-refractivity contribution is 0.0596. The Kier molecular flexibility index (Phi) is 4.16. The zero-order chi connectivity index (χ0) is 15.6. The van der Waals surface area contributed by atoms with Crippen LogP contribution in [0.4, 0.5) is 10.5 Å². The first-order valence-electron chi connectivity index (χ1n) is 6.70. The molecule has 3 N–H and O–H groups in total. The van der Waals surface area contributed by atoms with Crippen LogP contribution in [0.3, 0.4) is 0 Å². The van der Waals surface area contributed by atoms with Crippen LogP contribution in [0.5, 0.6) is 0 Å². The van der Waals surface area contributed by atoms with Gasteiger partial charge in [0.1, 0.15) is 5.69 Å². The van der Waals surface area contributed by atoms with Gasteiger partial charge in [-0.15, -0.1) is 0 Å². The summed E-state index contributed by atoms with van der Waals surface area (Å²) >= 11 is 0. The molecule has 0 aliphatic rings. The smallest absolute Gasteiger partial charge is 0.356 e. The van der Waals surface area contributed by atoms with Crippen molar-refractivity contribution in [3.05, 3.63) is 29.5 Å². The fourth-order valence-corrected chi connectivity index (χ4v) is 2.10. The number of amides is 2. The molecule has 0 saturated carbocycles. The Balaban J connectivity index is 2.49. The van der Waals surface area contributed by atoms with Crippen molar-refractivity contribution in [2.45, 2.75) is 26.8 Å². The molecule has 2 amide bonds. The van der Waals surface area contributed by atoms with Crippen molar-refractivity contribution in [3.63, 3.8) is 0 Å². The van der Waals surface area contributed by atoms with Gasteiger partial charge in [-0.3, -0.25) is 0 Å². The van der Waals surface area contributed by atoms with E-state index in [2.05, 4.69) is 15.6 Å². The second-order valence-corrected chi connectivity index (χ2v) is 5.17. The maximum atomic E-state index is 11.9. The highest BCUT2D eigenvalue weighted by atomic mass is 16.5. The molecule has 0 bridgehead atoms. The number of rotatable bonds is 3. The van der Waals surface area contributed by atoms with Crippen LogP contribution in [0.15, 0.2) is 18.2 Å². The Morgan fingerprint density at radius 3 is 2.62 bits per heavy atom. The minimum Gasteiger partial charge on any atom is -0.464 e. The molecule has 6 heteroatoms. The van der Waals surface area contributed by atoms with E-state index in [1.165, 1.54) is 7.11 Å². The van der Waals surface area contributed by atoms with E-state index >= 15 is 0 Å². The van der Waals surface area contributed by atoms with E-state index in [0.717, 1.165) is 16.5 Å². The molecular formula is C15H19N3O3. The number of ether oxygens (including phenoxy) is 1. The summed E-state index contributed by atoms with van der Waals surface area (Å²) in [5.41, 5.74) is 2.46. The minimum atomic E-state index is -0.524. The van der Waals surface area contributed by atoms with Gasteiger partial charge in [0.15, 0.2) is 0 Å². The third-order valence-corrected chi connectivity index (χ3v) is 3.00. The number of nitrogens with one attached hydrogen (secondary N) is 3. The van der Waals surface area contributed by atoms with Gasteiger partial charge in [0.05, 0.1) is 12.8 Å². The van der Waals surface area contributed by atoms with E-state index in [9.17, 15) is 9.59 Å². The highest BCUT2D eigenvalue weighted by Gasteiger charge is 2.20. The summed E-state index contributed by atoms with van der Waals surface area (Å²) in [6.07, 6.45) is 0. The number of methoxy groups -OCH3 is 1. The van der Waals surface area contributed by atoms with Crippen LogP contribution in [0.2, 0.25) is 0 Å². The zero-order valence-electron chi connectivity index (χ0n) is 12.5. The number of aromatic amines is 1. The molecule has 112 valence electrons. The number of aryl methyl sites for hydroxylation is 1. The number of hydrogen-bond donors (Lipinski definition) is 3. The number of H-pyrrole nitrogens is 1. The molecule has 0 unspecified atom stereocenters. The molecule has 1 aromatic carbocycles. The van der Waals surface area contributed by atoms with Crippen molar-refractivity contribution in [2.24, 2.45) is 0 Å². The second-order valence-electron chi connectivity index (χ2n) is 5.17. The van der Waals surface area contributed by atoms with Crippen LogP contribution >= 0.6 is 0 Å². The summed E-state index contributed by atoms with van der Waals surface area (Å²) in [6.45, 7) is 5.67. The summed E-state index contributed by atoms with van der Waals surface area (Å²) in [7, 11) is 1.30. The third-order valence-electron chi connectivity index (χ3n) is 3.00. The van der Waals surface area contributed by atoms with E-state index in [-0.39, 0.29) is 17.8 Å². The van der Waals surface area contributed by atoms with E-state index in [4.69, 9.17) is 4.74 Å². The molecular weight excluding hydrogens is 270 g/mol. The molecule has 0 aliphatic heterocycles. The number of aromatic nitrogens is 1. The summed E-state index contributed by atoms with van der Waals surface area (Å²) in [4.78, 5) is 26.8. The van der Waals surface area contributed by atoms with Crippen LogP contribution < -0.4 is 10.6 Å². The Labute approximate surface area is 122 Å². The average Bonchev–Trinajstić information content (AvgIpc) is 2.75. The van der Waals surface area contributed by atoms with Gasteiger partial charge in [0, 0.05) is 16.9 Å². The Bertz CT molecular complexity index is 689. The number of esters is 1. The molecule has 0 atom stereocenters. The summed E-state index contributed by atoms with van der Waals surface area (Å²) in [6, 6.07) is 5.33. The second kappa shape index (κ2) is 5.87. The molecule has 0 fully saturated rings. The van der Waals surface area contributed by atoms with Crippen molar-refractivity contribution in [1.82, 2.24) is 10.3 Å². The van der Waals surface area contributed by atoms with Gasteiger partial charge in [0.2, 0.25) is 0 Å². The molecule has 1 heterocycles. The topological polar surface area (TPSA) is 83.2 Å². The van der Waals surface area contributed by atoms with Crippen LogP contribution in [0.1, 0.15) is 29.9 Å². The molecule has 0 aliphatic carbocycles. The van der Waals surface area contributed by atoms with Crippen molar-refractivity contribution in [3.8, 4) is 0 Å². The van der Waals surface area contributed by atoms with Crippen molar-refractivity contribution >= 4 is 28.6 Å². The average molecular weight is 289 g/mol. The summed E-state index contributed by atoms with van der Waals surface area (Å²) in [5.74, 6) is -0.524. The highest BCUT2D eigenvalue weighted by Crippen LogP contribution is 2.29. The predicted molar refractivity (Wildman–Crippen MR) is 81.7 cm³/mol. The molecule has 2 rings (SSSR count). The van der Waals surface area contributed by atoms with Crippen LogP contribution in [0.25, 0.3) is 10.9 Å². The highest BCUT2D eigenvalue weighted by molar-refractivity contribution is 6.10. The van der Waals surface area contributed by atoms with Gasteiger partial charge in [-0.1, -0.05) is 11.6 Å². The fraction of sp³-hybridized carbons (Fsp3) is 0.333. The first kappa shape index (κ1) is 14.9. The monoisotopic (exact) mass is 289 g/mol. The summed E-state index contributed by atoms with van der Waals surface area (Å²) < 4.78 is 4.76. The van der Waals surface area contributed by atoms with E-state index < -0.39 is 5.97 Å². The Morgan fingerprint density at radius 2 is 2.00 bits per heavy atom. The standard InChI is InChI=1S/C15H19N3O3/c1-8(2)16-15(20)18-12-10-7-9(3)5-6-11(10)17-13(12)14(19)21-4/h5-8,17H,1-4H3,(H2,16,18,20). The van der Waals surface area contributed by atoms with E-state index in [1.807, 2.05) is 39.0 Å². The van der Waals surface area contributed by atoms with Gasteiger partial charge in [-0.2, -0.15) is 0 Å². The molecule has 6 nitrogen and oxygen atoms in total. The minimum absolute atomic E-state index is 0.00137. The Hall–Kier alpha value is -2.50. The van der Waals surface area contributed by atoms with E-state index in [1.54, 1.807) is 0 Å². The largest absolute Gasteiger partial charge is 0.464 e. The lowest BCUT2D eigenvalue weighted by Gasteiger charge is -2.10. The number of benzene rings is 1. The quantitative estimate of drug-likeness (QED) is 0.760. The van der Waals surface area contributed by atoms with Gasteiger partial charge < -0.3 is 20.4 Å². The van der Waals surface area contributed by atoms with Gasteiger partial charge >= 0.3 is 12.0 Å². The first-order valence-corrected chi connectivity index (χ1v) is 6.70. The Morgan fingerprint density at radius 1 is 1.29 bits per heavy atom. The SMILES string of the molecule is COC(=O)c1[nH]c2ccc(C)cc2c1NC(=O)NC(C)C. The van der Waals surface area contributed by atoms with Gasteiger partial charge in [0.25, 0.3) is 0 Å². The number of urea groups is 1. The number of carbonyl (C=O) groups is 2. The normalized spacial score (nSPS) is 10.7. The molecule has 1 aromatic heterocycles. The fourth-order valence-electron chi connectivity index (χ4n) is 2.10. The summed E-state index contributed by atoms with van der Waals surface area (Å²) in [5, 5.41) is 6.23. The van der Waals surface area contributed by atoms with Crippen LogP contribution in [-0.4, -0.2) is 30.1 Å². The molecule has 21 heavy (non-hydrogen) atoms. The van der Waals surface area contributed by atoms with Crippen molar-refractivity contribution in [1.29, 1.82) is 0 Å². The number of carbonyl (C=O) groups excluding carboxylic acids is 2. The third kappa shape index (κ3) is 3.16. The zero-order valence-corrected chi connectivity index (χ0v) is 12.5. The molecule has 0 radical (unpaired) electrons. The van der Waals surface area contributed by atoms with Crippen molar-refractivity contribution < 1.29 is 14.3 Å². The number of fused-ring (bicyclic) bond motifs is 1. The molecule has 0 spiro atoms. The number of hydrogen-bond acceptors (Lipinski definition) is 3. The lowest BCUT2D eigenvalue weighted by Crippen LogP contribution is -2.34. The lowest BCUT2D eigenvalue weighted by atomic mass is 10.1. The maximum Gasteiger partial charge on any atom is 0.356 e. The first-order chi connectivity index (χ1) is 9.92. The number of anilines is 1. The maximum absolute atomic E-state index is 11.9. The van der Waals surface area contributed by atoms with Crippen LogP contribution in [0, 0.1) is 6.92 Å².